The summed E-state index contributed by atoms with van der Waals surface area (Å²) in [6, 6.07) is 0. The molecule has 1 N–H and O–H groups in total. The van der Waals surface area contributed by atoms with Gasteiger partial charge in [0.05, 0.1) is 4.05 Å². The lowest BCUT2D eigenvalue weighted by atomic mass is 10.2. The van der Waals surface area contributed by atoms with E-state index in [9.17, 15) is 0 Å². The molecule has 0 spiro atoms. The second-order valence-corrected chi connectivity index (χ2v) is 5.04. The van der Waals surface area contributed by atoms with Crippen molar-refractivity contribution in [1.82, 2.24) is 5.32 Å². The fourth-order valence-electron chi connectivity index (χ4n) is 1.34. The molecule has 74 valence electrons. The number of rotatable bonds is 0. The second kappa shape index (κ2) is 6.60. The summed E-state index contributed by atoms with van der Waals surface area (Å²) in [5.41, 5.74) is 1.48. The Labute approximate surface area is 94.8 Å². The number of alkyl halides is 1. The Hall–Kier alpha value is 0.170. The highest BCUT2D eigenvalue weighted by atomic mass is 127. The average Bonchev–Trinajstić information content (AvgIpc) is 2.15. The minimum Gasteiger partial charge on any atom is -0.301 e. The smallest absolute Gasteiger partial charge is 0.0630 e. The van der Waals surface area contributed by atoms with Crippen LogP contribution in [0.5, 0.6) is 0 Å². The van der Waals surface area contributed by atoms with Crippen molar-refractivity contribution in [3.05, 3.63) is 23.8 Å². The van der Waals surface area contributed by atoms with Crippen LogP contribution >= 0.6 is 22.6 Å². The summed E-state index contributed by atoms with van der Waals surface area (Å²) in [7, 11) is 0. The summed E-state index contributed by atoms with van der Waals surface area (Å²) in [5.74, 6) is 0. The van der Waals surface area contributed by atoms with Crippen molar-refractivity contribution in [2.75, 3.05) is 6.54 Å². The Kier molecular flexibility index (Phi) is 5.71. The molecule has 1 nitrogen and oxygen atoms in total. The summed E-state index contributed by atoms with van der Waals surface area (Å²) in [6.07, 6.45) is 11.9. The van der Waals surface area contributed by atoms with E-state index in [2.05, 4.69) is 53.1 Å². The van der Waals surface area contributed by atoms with Gasteiger partial charge in [-0.15, -0.1) is 0 Å². The second-order valence-electron chi connectivity index (χ2n) is 3.54. The van der Waals surface area contributed by atoms with Gasteiger partial charge in [-0.1, -0.05) is 46.4 Å². The van der Waals surface area contributed by atoms with E-state index in [1.54, 1.807) is 0 Å². The molecule has 0 aromatic heterocycles. The van der Waals surface area contributed by atoms with E-state index in [0.717, 1.165) is 13.0 Å². The van der Waals surface area contributed by atoms with Crippen LogP contribution in [0.2, 0.25) is 0 Å². The maximum atomic E-state index is 3.50. The maximum absolute atomic E-state index is 3.50. The van der Waals surface area contributed by atoms with Crippen LogP contribution in [0, 0.1) is 0 Å². The summed E-state index contributed by atoms with van der Waals surface area (Å²) >= 11 is 2.46. The predicted molar refractivity (Wildman–Crippen MR) is 67.2 cm³/mol. The van der Waals surface area contributed by atoms with Crippen LogP contribution in [0.3, 0.4) is 0 Å². The highest BCUT2D eigenvalue weighted by Crippen LogP contribution is 2.08. The van der Waals surface area contributed by atoms with Gasteiger partial charge in [-0.3, -0.25) is 0 Å². The minimum absolute atomic E-state index is 0.579. The van der Waals surface area contributed by atoms with Gasteiger partial charge in [0.25, 0.3) is 0 Å². The molecule has 1 heterocycles. The first-order valence-corrected chi connectivity index (χ1v) is 6.21. The minimum atomic E-state index is 0.579. The largest absolute Gasteiger partial charge is 0.301 e. The molecule has 2 heteroatoms. The quantitative estimate of drug-likeness (QED) is 0.312. The molecule has 0 radical (unpaired) electrons. The van der Waals surface area contributed by atoms with Crippen LogP contribution < -0.4 is 5.32 Å². The molecule has 0 aromatic rings. The molecule has 0 saturated heterocycles. The topological polar surface area (TPSA) is 12.0 Å². The molecule has 1 rings (SSSR count). The fourth-order valence-corrected chi connectivity index (χ4v) is 1.86. The summed E-state index contributed by atoms with van der Waals surface area (Å²) < 4.78 is 0.579. The van der Waals surface area contributed by atoms with Gasteiger partial charge in [0.15, 0.2) is 0 Å². The number of halogens is 1. The highest BCUT2D eigenvalue weighted by molar-refractivity contribution is 14.1. The lowest BCUT2D eigenvalue weighted by molar-refractivity contribution is 0.713. The maximum Gasteiger partial charge on any atom is 0.0630 e. The zero-order valence-electron chi connectivity index (χ0n) is 8.22. The van der Waals surface area contributed by atoms with Gasteiger partial charge < -0.3 is 5.32 Å². The van der Waals surface area contributed by atoms with Crippen LogP contribution in [0.1, 0.15) is 32.6 Å². The van der Waals surface area contributed by atoms with Crippen molar-refractivity contribution in [3.8, 4) is 0 Å². The normalized spacial score (nSPS) is 32.8. The Morgan fingerprint density at radius 2 is 2.23 bits per heavy atom. The lowest BCUT2D eigenvalue weighted by Gasteiger charge is -2.09. The van der Waals surface area contributed by atoms with Crippen LogP contribution in [0.15, 0.2) is 23.8 Å². The lowest BCUT2D eigenvalue weighted by Crippen LogP contribution is -2.24. The third-order valence-corrected chi connectivity index (χ3v) is 3.13. The third-order valence-electron chi connectivity index (χ3n) is 2.18. The number of hydrogen-bond acceptors (Lipinski definition) is 1. The zero-order chi connectivity index (χ0) is 9.52. The van der Waals surface area contributed by atoms with E-state index in [4.69, 9.17) is 0 Å². The van der Waals surface area contributed by atoms with Gasteiger partial charge in [0.2, 0.25) is 0 Å². The van der Waals surface area contributed by atoms with Crippen molar-refractivity contribution in [3.63, 3.8) is 0 Å². The van der Waals surface area contributed by atoms with Gasteiger partial charge in [-0.2, -0.15) is 0 Å². The molecule has 1 atom stereocenters. The average molecular weight is 291 g/mol. The van der Waals surface area contributed by atoms with Crippen LogP contribution in [0.25, 0.3) is 0 Å². The Morgan fingerprint density at radius 3 is 3.08 bits per heavy atom. The predicted octanol–water partition coefficient (Wildman–Crippen LogP) is 3.41. The monoisotopic (exact) mass is 291 g/mol. The van der Waals surface area contributed by atoms with Crippen molar-refractivity contribution < 1.29 is 0 Å². The van der Waals surface area contributed by atoms with Crippen molar-refractivity contribution in [1.29, 1.82) is 0 Å². The Bertz CT molecular complexity index is 196. The highest BCUT2D eigenvalue weighted by Gasteiger charge is 2.00. The van der Waals surface area contributed by atoms with E-state index in [-0.39, 0.29) is 0 Å². The molecule has 13 heavy (non-hydrogen) atoms. The first kappa shape index (κ1) is 11.2. The third kappa shape index (κ3) is 5.47. The van der Waals surface area contributed by atoms with Gasteiger partial charge >= 0.3 is 0 Å². The molecule has 0 fully saturated rings. The summed E-state index contributed by atoms with van der Waals surface area (Å²) in [5, 5.41) is 3.50. The first-order valence-electron chi connectivity index (χ1n) is 4.97. The standard InChI is InChI=1S/C11H18IN/c1-10-7-5-3-2-4-6-8-11(12)13-9-10/h4,6-7,11,13H,2-3,5,8-9H2,1H3/b6-4+,10-7+. The fraction of sp³-hybridized carbons (Fsp3) is 0.636. The van der Waals surface area contributed by atoms with Crippen LogP contribution in [-0.4, -0.2) is 10.6 Å². The number of allylic oxidation sites excluding steroid dienone is 2. The molecular formula is C11H18IN. The molecule has 0 saturated carbocycles. The molecule has 1 aliphatic rings. The molecule has 1 aliphatic heterocycles. The van der Waals surface area contributed by atoms with Gasteiger partial charge in [-0.25, -0.2) is 0 Å². The van der Waals surface area contributed by atoms with Crippen molar-refractivity contribution in [2.45, 2.75) is 36.7 Å². The van der Waals surface area contributed by atoms with Crippen molar-refractivity contribution >= 4 is 22.6 Å². The van der Waals surface area contributed by atoms with E-state index in [1.807, 2.05) is 0 Å². The van der Waals surface area contributed by atoms with E-state index < -0.39 is 0 Å². The van der Waals surface area contributed by atoms with E-state index in [1.165, 1.54) is 24.8 Å². The van der Waals surface area contributed by atoms with Gasteiger partial charge in [0.1, 0.15) is 0 Å². The Morgan fingerprint density at radius 1 is 1.38 bits per heavy atom. The molecule has 0 aromatic carbocycles. The Balaban J connectivity index is 2.44. The molecule has 0 bridgehead atoms. The number of nitrogens with one attached hydrogen (secondary N) is 1. The zero-order valence-corrected chi connectivity index (χ0v) is 10.4. The SMILES string of the molecule is C/C1=C\CCC/C=C/CC(I)NC1. The van der Waals surface area contributed by atoms with E-state index >= 15 is 0 Å². The van der Waals surface area contributed by atoms with E-state index in [0.29, 0.717) is 4.05 Å². The molecule has 0 amide bonds. The van der Waals surface area contributed by atoms with Gasteiger partial charge in [-0.05, 0) is 32.6 Å². The van der Waals surface area contributed by atoms with Crippen molar-refractivity contribution in [2.24, 2.45) is 0 Å². The molecule has 1 unspecified atom stereocenters. The summed E-state index contributed by atoms with van der Waals surface area (Å²) in [6.45, 7) is 3.25. The summed E-state index contributed by atoms with van der Waals surface area (Å²) in [4.78, 5) is 0. The van der Waals surface area contributed by atoms with Crippen LogP contribution in [0.4, 0.5) is 0 Å². The molecule has 0 aliphatic carbocycles. The van der Waals surface area contributed by atoms with Crippen LogP contribution in [-0.2, 0) is 0 Å². The first-order chi connectivity index (χ1) is 6.29. The molecular weight excluding hydrogens is 273 g/mol. The van der Waals surface area contributed by atoms with Gasteiger partial charge in [0, 0.05) is 6.54 Å². The number of hydrogen-bond donors (Lipinski definition) is 1.